The van der Waals surface area contributed by atoms with Crippen LogP contribution in [-0.2, 0) is 5.41 Å². The summed E-state index contributed by atoms with van der Waals surface area (Å²) in [7, 11) is -4.82. The van der Waals surface area contributed by atoms with Crippen LogP contribution in [0.3, 0.4) is 0 Å². The molecule has 3 aliphatic heterocycles. The molecule has 0 aromatic heterocycles. The minimum absolute atomic E-state index is 0.149. The molecule has 1 nitrogen and oxygen atoms in total. The van der Waals surface area contributed by atoms with Crippen LogP contribution in [0.4, 0.5) is 17.1 Å². The summed E-state index contributed by atoms with van der Waals surface area (Å²) in [5.74, 6) is 0. The molecule has 2 unspecified atom stereocenters. The lowest BCUT2D eigenvalue weighted by atomic mass is 9.80. The fraction of sp³-hybridized carbons (Fsp3) is 0.127. The van der Waals surface area contributed by atoms with E-state index in [0.717, 1.165) is 0 Å². The van der Waals surface area contributed by atoms with Gasteiger partial charge < -0.3 is 4.90 Å². The maximum atomic E-state index is 2.84. The predicted molar refractivity (Wildman–Crippen MR) is 259 cm³/mol. The highest BCUT2D eigenvalue weighted by Crippen LogP contribution is 2.61. The Kier molecular flexibility index (Phi) is 7.58. The van der Waals surface area contributed by atoms with Gasteiger partial charge in [0.05, 0.1) is 17.1 Å². The Bertz CT molecular complexity index is 3010. The topological polar surface area (TPSA) is 3.24 Å². The van der Waals surface area contributed by atoms with Gasteiger partial charge in [0.15, 0.2) is 8.07 Å². The van der Waals surface area contributed by atoms with Gasteiger partial charge in [-0.2, -0.15) is 0 Å². The number of nitrogens with zero attached hydrogens (tertiary/aromatic N) is 1. The monoisotopic (exact) mass is 809 g/mol. The minimum Gasteiger partial charge on any atom is -0.308 e. The van der Waals surface area contributed by atoms with E-state index in [1.54, 1.807) is 5.30 Å². The Hall–Kier alpha value is -5.36. The number of anilines is 3. The van der Waals surface area contributed by atoms with Crippen molar-refractivity contribution in [1.29, 1.82) is 0 Å². The fourth-order valence-electron chi connectivity index (χ4n) is 11.6. The molecule has 284 valence electrons. The van der Waals surface area contributed by atoms with Crippen LogP contribution < -0.4 is 57.5 Å². The molecule has 8 aromatic carbocycles. The lowest BCUT2D eigenvalue weighted by Crippen LogP contribution is -2.78. The number of fused-ring (bicyclic) bond motifs is 4. The third-order valence-corrected chi connectivity index (χ3v) is 23.4. The fourth-order valence-corrected chi connectivity index (χ4v) is 22.9. The second kappa shape index (κ2) is 12.6. The van der Waals surface area contributed by atoms with Crippen LogP contribution in [0.1, 0.15) is 47.2 Å². The average molecular weight is 810 g/mol. The maximum Gasteiger partial charge on any atom is 0.184 e. The Balaban J connectivity index is 1.35. The van der Waals surface area contributed by atoms with Crippen molar-refractivity contribution in [3.8, 4) is 11.1 Å². The van der Waals surface area contributed by atoms with E-state index in [-0.39, 0.29) is 5.41 Å². The molecular formula is C55H45NP2Si. The largest absolute Gasteiger partial charge is 0.308 e. The number of hydrogen-bond donors (Lipinski definition) is 0. The summed E-state index contributed by atoms with van der Waals surface area (Å²) in [5.41, 5.74) is 15.5. The Morgan fingerprint density at radius 1 is 0.475 bits per heavy atom. The molecule has 0 amide bonds. The third kappa shape index (κ3) is 4.64. The van der Waals surface area contributed by atoms with Gasteiger partial charge in [0.2, 0.25) is 0 Å². The van der Waals surface area contributed by atoms with E-state index in [1.807, 2.05) is 0 Å². The zero-order valence-corrected chi connectivity index (χ0v) is 37.2. The van der Waals surface area contributed by atoms with Crippen LogP contribution in [0.15, 0.2) is 164 Å². The van der Waals surface area contributed by atoms with Crippen LogP contribution in [0, 0.1) is 27.7 Å². The van der Waals surface area contributed by atoms with Gasteiger partial charge in [0.1, 0.15) is 0 Å². The van der Waals surface area contributed by atoms with Gasteiger partial charge in [-0.05, 0) is 121 Å². The van der Waals surface area contributed by atoms with Crippen molar-refractivity contribution in [2.45, 2.75) is 47.0 Å². The van der Waals surface area contributed by atoms with E-state index in [9.17, 15) is 0 Å². The average Bonchev–Trinajstić information content (AvgIpc) is 3.47. The van der Waals surface area contributed by atoms with Gasteiger partial charge in [-0.25, -0.2) is 0 Å². The van der Waals surface area contributed by atoms with E-state index >= 15 is 0 Å². The number of rotatable bonds is 4. The first-order valence-corrected chi connectivity index (χ1v) is 25.6. The standard InChI is InChI=1S/C55H45NP2Si/c1-34-27-37(4)50-42(28-34)49-43(55(50,5)6)33-46-53-54(49)58(39-21-13-8-14-22-39)45-30-36(3)32-48-52(45)56(53)51-44(57(46)38-19-11-7-12-20-38)29-35(2)31-47(51)59(48,40-23-15-9-16-24-40)41-25-17-10-18-26-41/h7-33H,1-6H3. The number of hydrogen-bond acceptors (Lipinski definition) is 1. The molecule has 1 aliphatic carbocycles. The second-order valence-electron chi connectivity index (χ2n) is 17.7. The summed E-state index contributed by atoms with van der Waals surface area (Å²) in [5, 5.41) is 14.8. The molecule has 0 bridgehead atoms. The second-order valence-corrected chi connectivity index (χ2v) is 25.7. The molecule has 59 heavy (non-hydrogen) atoms. The first kappa shape index (κ1) is 35.6. The van der Waals surface area contributed by atoms with E-state index in [2.05, 4.69) is 210 Å². The molecule has 0 saturated carbocycles. The highest BCUT2D eigenvalue weighted by molar-refractivity contribution is 7.82. The first-order valence-electron chi connectivity index (χ1n) is 20.9. The quantitative estimate of drug-likeness (QED) is 0.127. The molecule has 4 aliphatic rings. The Labute approximate surface area is 352 Å². The summed E-state index contributed by atoms with van der Waals surface area (Å²) < 4.78 is 0. The van der Waals surface area contributed by atoms with E-state index in [4.69, 9.17) is 0 Å². The summed E-state index contributed by atoms with van der Waals surface area (Å²) in [4.78, 5) is 2.84. The highest BCUT2D eigenvalue weighted by atomic mass is 31.1. The molecule has 0 spiro atoms. The Morgan fingerprint density at radius 3 is 1.47 bits per heavy atom. The van der Waals surface area contributed by atoms with E-state index in [0.29, 0.717) is 0 Å². The van der Waals surface area contributed by atoms with Crippen LogP contribution in [0.5, 0.6) is 0 Å². The van der Waals surface area contributed by atoms with Crippen molar-refractivity contribution < 1.29 is 0 Å². The van der Waals surface area contributed by atoms with E-state index < -0.39 is 23.9 Å². The molecule has 0 N–H and O–H groups in total. The minimum atomic E-state index is -2.92. The molecule has 2 atom stereocenters. The van der Waals surface area contributed by atoms with Crippen molar-refractivity contribution >= 4 is 93.6 Å². The van der Waals surface area contributed by atoms with Crippen molar-refractivity contribution in [2.75, 3.05) is 4.90 Å². The molecule has 0 fully saturated rings. The maximum absolute atomic E-state index is 2.92. The summed E-state index contributed by atoms with van der Waals surface area (Å²) in [6, 6.07) is 64.4. The smallest absolute Gasteiger partial charge is 0.184 e. The van der Waals surface area contributed by atoms with Gasteiger partial charge in [0.25, 0.3) is 0 Å². The summed E-state index contributed by atoms with van der Waals surface area (Å²) in [6.07, 6.45) is 0. The SMILES string of the molecule is Cc1cc(C)c2c(c1)-c1c(cc3c4c1P(c1ccccc1)c1cc(C)cc5c1N4c1c(cc(C)cc1[Si]5(c1ccccc1)c1ccccc1)P3c1ccccc1)C2(C)C. The molecule has 0 saturated heterocycles. The predicted octanol–water partition coefficient (Wildman–Crippen LogP) is 8.53. The summed E-state index contributed by atoms with van der Waals surface area (Å²) in [6.45, 7) is 14.3. The molecule has 0 radical (unpaired) electrons. The van der Waals surface area contributed by atoms with Crippen LogP contribution in [-0.4, -0.2) is 8.07 Å². The number of aryl methyl sites for hydroxylation is 4. The molecule has 3 heterocycles. The van der Waals surface area contributed by atoms with Gasteiger partial charge in [-0.15, -0.1) is 0 Å². The first-order chi connectivity index (χ1) is 28.7. The zero-order chi connectivity index (χ0) is 39.9. The van der Waals surface area contributed by atoms with Crippen molar-refractivity contribution in [3.63, 3.8) is 0 Å². The lowest BCUT2D eigenvalue weighted by molar-refractivity contribution is 0.656. The van der Waals surface area contributed by atoms with Gasteiger partial charge in [-0.3, -0.25) is 0 Å². The molecule has 12 rings (SSSR count). The molecular weight excluding hydrogens is 765 g/mol. The van der Waals surface area contributed by atoms with Crippen LogP contribution in [0.25, 0.3) is 11.1 Å². The van der Waals surface area contributed by atoms with E-state index in [1.165, 1.54) is 109 Å². The lowest BCUT2D eigenvalue weighted by Gasteiger charge is -2.53. The summed E-state index contributed by atoms with van der Waals surface area (Å²) >= 11 is 0. The van der Waals surface area contributed by atoms with Gasteiger partial charge in [-0.1, -0.05) is 176 Å². The number of benzene rings is 8. The van der Waals surface area contributed by atoms with Crippen molar-refractivity contribution in [3.05, 3.63) is 197 Å². The normalized spacial score (nSPS) is 17.9. The van der Waals surface area contributed by atoms with Crippen LogP contribution >= 0.6 is 15.8 Å². The van der Waals surface area contributed by atoms with Crippen molar-refractivity contribution in [2.24, 2.45) is 0 Å². The zero-order valence-electron chi connectivity index (χ0n) is 34.4. The third-order valence-electron chi connectivity index (χ3n) is 13.6. The van der Waals surface area contributed by atoms with Gasteiger partial charge in [0, 0.05) is 26.6 Å². The molecule has 8 aromatic rings. The Morgan fingerprint density at radius 2 is 0.932 bits per heavy atom. The highest BCUT2D eigenvalue weighted by Gasteiger charge is 2.56. The van der Waals surface area contributed by atoms with Gasteiger partial charge >= 0.3 is 0 Å². The van der Waals surface area contributed by atoms with Crippen LogP contribution in [0.2, 0.25) is 0 Å². The molecule has 4 heteroatoms. The van der Waals surface area contributed by atoms with Crippen molar-refractivity contribution in [1.82, 2.24) is 0 Å².